The van der Waals surface area contributed by atoms with Gasteiger partial charge in [-0.25, -0.2) is 0 Å². The lowest BCUT2D eigenvalue weighted by atomic mass is 10.0. The smallest absolute Gasteiger partial charge is 0.137 e. The van der Waals surface area contributed by atoms with Crippen molar-refractivity contribution >= 4 is 34.7 Å². The average molecular weight is 308 g/mol. The van der Waals surface area contributed by atoms with Crippen LogP contribution in [0.1, 0.15) is 17.5 Å². The predicted octanol–water partition coefficient (Wildman–Crippen LogP) is 4.32. The minimum atomic E-state index is 0.150. The molecule has 0 unspecified atom stereocenters. The van der Waals surface area contributed by atoms with Crippen LogP contribution in [0.2, 0.25) is 10.0 Å². The first-order valence-corrected chi connectivity index (χ1v) is 7.10. The Bertz CT molecular complexity index is 626. The number of ketones is 1. The van der Waals surface area contributed by atoms with E-state index in [1.807, 2.05) is 24.3 Å². The van der Waals surface area contributed by atoms with Gasteiger partial charge in [0, 0.05) is 28.6 Å². The maximum Gasteiger partial charge on any atom is 0.137 e. The number of rotatable bonds is 5. The number of aryl methyl sites for hydroxylation is 1. The van der Waals surface area contributed by atoms with Gasteiger partial charge in [0.25, 0.3) is 0 Å². The van der Waals surface area contributed by atoms with E-state index in [0.717, 1.165) is 16.8 Å². The summed E-state index contributed by atoms with van der Waals surface area (Å²) in [6.45, 7) is 0. The van der Waals surface area contributed by atoms with E-state index < -0.39 is 0 Å². The van der Waals surface area contributed by atoms with Crippen LogP contribution in [0.3, 0.4) is 0 Å². The summed E-state index contributed by atoms with van der Waals surface area (Å²) in [6.07, 6.45) is 1.50. The van der Waals surface area contributed by atoms with Crippen molar-refractivity contribution in [3.8, 4) is 0 Å². The van der Waals surface area contributed by atoms with Gasteiger partial charge < -0.3 is 5.73 Å². The highest BCUT2D eigenvalue weighted by Gasteiger charge is 2.08. The highest BCUT2D eigenvalue weighted by atomic mass is 35.5. The van der Waals surface area contributed by atoms with Gasteiger partial charge in [0.15, 0.2) is 0 Å². The lowest BCUT2D eigenvalue weighted by molar-refractivity contribution is -0.118. The Kier molecular flexibility index (Phi) is 5.05. The van der Waals surface area contributed by atoms with E-state index in [0.29, 0.717) is 29.3 Å². The first-order valence-electron chi connectivity index (χ1n) is 6.34. The Morgan fingerprint density at radius 2 is 1.90 bits per heavy atom. The lowest BCUT2D eigenvalue weighted by Gasteiger charge is -2.05. The van der Waals surface area contributed by atoms with Gasteiger partial charge in [0.2, 0.25) is 0 Å². The molecular weight excluding hydrogens is 293 g/mol. The number of hydrogen-bond donors (Lipinski definition) is 1. The molecule has 0 aliphatic carbocycles. The molecule has 0 heterocycles. The molecule has 0 atom stereocenters. The monoisotopic (exact) mass is 307 g/mol. The van der Waals surface area contributed by atoms with Crippen molar-refractivity contribution in [3.63, 3.8) is 0 Å². The van der Waals surface area contributed by atoms with Gasteiger partial charge in [0.1, 0.15) is 5.78 Å². The van der Waals surface area contributed by atoms with E-state index in [1.165, 1.54) is 0 Å². The van der Waals surface area contributed by atoms with Crippen LogP contribution in [0.25, 0.3) is 0 Å². The first kappa shape index (κ1) is 14.9. The molecule has 0 bridgehead atoms. The summed E-state index contributed by atoms with van der Waals surface area (Å²) >= 11 is 11.9. The Morgan fingerprint density at radius 1 is 1.10 bits per heavy atom. The Morgan fingerprint density at radius 3 is 2.60 bits per heavy atom. The molecule has 0 spiro atoms. The van der Waals surface area contributed by atoms with Crippen molar-refractivity contribution in [2.45, 2.75) is 19.3 Å². The van der Waals surface area contributed by atoms with Gasteiger partial charge in [0.05, 0.1) is 0 Å². The molecule has 0 radical (unpaired) electrons. The molecule has 0 aliphatic heterocycles. The fourth-order valence-electron chi connectivity index (χ4n) is 2.00. The van der Waals surface area contributed by atoms with Gasteiger partial charge in [-0.2, -0.15) is 0 Å². The van der Waals surface area contributed by atoms with E-state index in [-0.39, 0.29) is 5.78 Å². The largest absolute Gasteiger partial charge is 0.399 e. The molecule has 2 aromatic carbocycles. The molecule has 0 aromatic heterocycles. The topological polar surface area (TPSA) is 43.1 Å². The summed E-state index contributed by atoms with van der Waals surface area (Å²) in [7, 11) is 0. The molecule has 2 N–H and O–H groups in total. The van der Waals surface area contributed by atoms with Gasteiger partial charge in [-0.15, -0.1) is 0 Å². The maximum absolute atomic E-state index is 12.0. The molecule has 0 saturated heterocycles. The minimum Gasteiger partial charge on any atom is -0.399 e. The number of Topliss-reactive ketones (excluding diaryl/α,β-unsaturated/α-hetero) is 1. The van der Waals surface area contributed by atoms with Crippen LogP contribution in [0.15, 0.2) is 42.5 Å². The van der Waals surface area contributed by atoms with E-state index in [4.69, 9.17) is 28.9 Å². The second-order valence-corrected chi connectivity index (χ2v) is 5.54. The Balaban J connectivity index is 1.92. The highest BCUT2D eigenvalue weighted by Crippen LogP contribution is 2.22. The standard InChI is InChI=1S/C16H15Cl2NO/c17-13-6-5-12(16(18)10-13)9-15(20)7-4-11-2-1-3-14(19)8-11/h1-3,5-6,8,10H,4,7,9,19H2. The van der Waals surface area contributed by atoms with Crippen LogP contribution >= 0.6 is 23.2 Å². The Hall–Kier alpha value is -1.51. The number of nitrogen functional groups attached to an aromatic ring is 1. The van der Waals surface area contributed by atoms with Crippen LogP contribution in [-0.2, 0) is 17.6 Å². The molecule has 2 aromatic rings. The number of carbonyl (C=O) groups is 1. The molecular formula is C16H15Cl2NO. The van der Waals surface area contributed by atoms with Crippen LogP contribution in [0, 0.1) is 0 Å². The number of nitrogens with two attached hydrogens (primary N) is 1. The maximum atomic E-state index is 12.0. The van der Waals surface area contributed by atoms with E-state index in [2.05, 4.69) is 0 Å². The van der Waals surface area contributed by atoms with Crippen LogP contribution in [0.5, 0.6) is 0 Å². The third-order valence-electron chi connectivity index (χ3n) is 3.05. The van der Waals surface area contributed by atoms with Crippen molar-refractivity contribution in [2.75, 3.05) is 5.73 Å². The zero-order valence-corrected chi connectivity index (χ0v) is 12.4. The summed E-state index contributed by atoms with van der Waals surface area (Å²) in [4.78, 5) is 12.0. The molecule has 0 fully saturated rings. The van der Waals surface area contributed by atoms with E-state index in [9.17, 15) is 4.79 Å². The van der Waals surface area contributed by atoms with Crippen molar-refractivity contribution in [1.82, 2.24) is 0 Å². The van der Waals surface area contributed by atoms with Gasteiger partial charge in [-0.3, -0.25) is 4.79 Å². The van der Waals surface area contributed by atoms with Gasteiger partial charge in [-0.05, 0) is 41.8 Å². The quantitative estimate of drug-likeness (QED) is 0.836. The fourth-order valence-corrected chi connectivity index (χ4v) is 2.47. The highest BCUT2D eigenvalue weighted by molar-refractivity contribution is 6.35. The third-order valence-corrected chi connectivity index (χ3v) is 3.63. The summed E-state index contributed by atoms with van der Waals surface area (Å²) in [5.74, 6) is 0.150. The summed E-state index contributed by atoms with van der Waals surface area (Å²) in [6, 6.07) is 12.8. The van der Waals surface area contributed by atoms with Crippen LogP contribution in [0.4, 0.5) is 5.69 Å². The zero-order valence-electron chi connectivity index (χ0n) is 10.9. The second-order valence-electron chi connectivity index (χ2n) is 4.70. The number of halogens is 2. The lowest BCUT2D eigenvalue weighted by Crippen LogP contribution is -2.05. The Labute approximate surface area is 128 Å². The normalized spacial score (nSPS) is 10.5. The first-order chi connectivity index (χ1) is 9.54. The molecule has 20 heavy (non-hydrogen) atoms. The average Bonchev–Trinajstić information content (AvgIpc) is 2.40. The van der Waals surface area contributed by atoms with Crippen molar-refractivity contribution < 1.29 is 4.79 Å². The van der Waals surface area contributed by atoms with E-state index in [1.54, 1.807) is 18.2 Å². The third kappa shape index (κ3) is 4.26. The molecule has 2 rings (SSSR count). The molecule has 0 saturated carbocycles. The van der Waals surface area contributed by atoms with Gasteiger partial charge in [-0.1, -0.05) is 41.4 Å². The van der Waals surface area contributed by atoms with Crippen molar-refractivity contribution in [1.29, 1.82) is 0 Å². The van der Waals surface area contributed by atoms with Crippen molar-refractivity contribution in [3.05, 3.63) is 63.6 Å². The second kappa shape index (κ2) is 6.78. The zero-order chi connectivity index (χ0) is 14.5. The van der Waals surface area contributed by atoms with E-state index >= 15 is 0 Å². The van der Waals surface area contributed by atoms with Crippen LogP contribution < -0.4 is 5.73 Å². The molecule has 0 aliphatic rings. The summed E-state index contributed by atoms with van der Waals surface area (Å²) < 4.78 is 0. The van der Waals surface area contributed by atoms with Crippen molar-refractivity contribution in [2.24, 2.45) is 0 Å². The summed E-state index contributed by atoms with van der Waals surface area (Å²) in [5, 5.41) is 1.11. The van der Waals surface area contributed by atoms with Gasteiger partial charge >= 0.3 is 0 Å². The number of hydrogen-bond acceptors (Lipinski definition) is 2. The molecule has 0 amide bonds. The number of anilines is 1. The fraction of sp³-hybridized carbons (Fsp3) is 0.188. The minimum absolute atomic E-state index is 0.150. The number of carbonyl (C=O) groups excluding carboxylic acids is 1. The SMILES string of the molecule is Nc1cccc(CCC(=O)Cc2ccc(Cl)cc2Cl)c1. The molecule has 4 heteroatoms. The molecule has 2 nitrogen and oxygen atoms in total. The molecule has 104 valence electrons. The predicted molar refractivity (Wildman–Crippen MR) is 84.3 cm³/mol. The summed E-state index contributed by atoms with van der Waals surface area (Å²) in [5.41, 5.74) is 8.31. The number of benzene rings is 2. The van der Waals surface area contributed by atoms with Crippen LogP contribution in [-0.4, -0.2) is 5.78 Å².